The molecule has 0 spiro atoms. The summed E-state index contributed by atoms with van der Waals surface area (Å²) in [6.07, 6.45) is 0. The maximum absolute atomic E-state index is 13.6. The lowest BCUT2D eigenvalue weighted by molar-refractivity contribution is -0.118. The van der Waals surface area contributed by atoms with Crippen LogP contribution in [-0.4, -0.2) is 12.5 Å². The first-order valence-corrected chi connectivity index (χ1v) is 7.34. The lowest BCUT2D eigenvalue weighted by atomic mass is 10.2. The van der Waals surface area contributed by atoms with Crippen molar-refractivity contribution in [3.05, 3.63) is 57.0 Å². The van der Waals surface area contributed by atoms with E-state index >= 15 is 0 Å². The number of ether oxygens (including phenoxy) is 1. The van der Waals surface area contributed by atoms with Crippen molar-refractivity contribution in [2.75, 3.05) is 11.9 Å². The van der Waals surface area contributed by atoms with E-state index in [0.29, 0.717) is 11.6 Å². The number of hydrogen-bond acceptors (Lipinski definition) is 3. The number of anilines is 1. The Bertz CT molecular complexity index is 786. The van der Waals surface area contributed by atoms with Crippen molar-refractivity contribution in [1.82, 2.24) is 0 Å². The summed E-state index contributed by atoms with van der Waals surface area (Å²) >= 11 is 8.87. The van der Waals surface area contributed by atoms with Gasteiger partial charge in [-0.3, -0.25) is 4.79 Å². The molecule has 23 heavy (non-hydrogen) atoms. The number of hydrogen-bond donors (Lipinski definition) is 1. The van der Waals surface area contributed by atoms with Gasteiger partial charge >= 0.3 is 0 Å². The number of nitriles is 1. The van der Waals surface area contributed by atoms with E-state index in [1.165, 1.54) is 18.2 Å². The fraction of sp³-hybridized carbons (Fsp3) is 0.0667. The lowest BCUT2D eigenvalue weighted by Crippen LogP contribution is -2.21. The molecule has 2 aromatic carbocycles. The van der Waals surface area contributed by atoms with Crippen LogP contribution in [0.1, 0.15) is 5.56 Å². The molecule has 0 saturated heterocycles. The number of carbonyl (C=O) groups excluding carboxylic acids is 1. The first-order valence-electron chi connectivity index (χ1n) is 6.17. The number of carbonyl (C=O) groups is 1. The molecule has 0 aliphatic carbocycles. The van der Waals surface area contributed by atoms with Crippen LogP contribution in [0.4, 0.5) is 14.5 Å². The molecule has 0 unspecified atom stereocenters. The summed E-state index contributed by atoms with van der Waals surface area (Å²) < 4.78 is 31.9. The van der Waals surface area contributed by atoms with Gasteiger partial charge in [-0.2, -0.15) is 5.26 Å². The molecule has 1 amide bonds. The fourth-order valence-corrected chi connectivity index (χ4v) is 2.41. The van der Waals surface area contributed by atoms with Crippen LogP contribution in [0.25, 0.3) is 0 Å². The topological polar surface area (TPSA) is 62.1 Å². The Labute approximate surface area is 143 Å². The van der Waals surface area contributed by atoms with Crippen LogP contribution in [0, 0.1) is 23.0 Å². The van der Waals surface area contributed by atoms with Gasteiger partial charge in [0.05, 0.1) is 22.3 Å². The number of rotatable bonds is 4. The quantitative estimate of drug-likeness (QED) is 0.832. The average Bonchev–Trinajstić information content (AvgIpc) is 2.49. The highest BCUT2D eigenvalue weighted by atomic mass is 79.9. The Morgan fingerprint density at radius 2 is 2.09 bits per heavy atom. The molecule has 2 aromatic rings. The van der Waals surface area contributed by atoms with Gasteiger partial charge in [-0.1, -0.05) is 11.6 Å². The second kappa shape index (κ2) is 7.40. The maximum atomic E-state index is 13.6. The van der Waals surface area contributed by atoms with Crippen molar-refractivity contribution in [1.29, 1.82) is 5.26 Å². The smallest absolute Gasteiger partial charge is 0.262 e. The lowest BCUT2D eigenvalue weighted by Gasteiger charge is -2.11. The SMILES string of the molecule is N#Cc1ccc(OCC(=O)Nc2c(F)cc(F)cc2Br)c(Cl)c1. The van der Waals surface area contributed by atoms with Crippen LogP contribution in [0.5, 0.6) is 5.75 Å². The highest BCUT2D eigenvalue weighted by Crippen LogP contribution is 2.27. The Hall–Kier alpha value is -2.17. The fourth-order valence-electron chi connectivity index (χ4n) is 1.67. The minimum Gasteiger partial charge on any atom is -0.482 e. The number of amides is 1. The van der Waals surface area contributed by atoms with Crippen molar-refractivity contribution in [3.8, 4) is 11.8 Å². The summed E-state index contributed by atoms with van der Waals surface area (Å²) in [5, 5.41) is 11.2. The molecule has 0 bridgehead atoms. The van der Waals surface area contributed by atoms with Crippen molar-refractivity contribution >= 4 is 39.1 Å². The number of nitrogens with one attached hydrogen (secondary N) is 1. The van der Waals surface area contributed by atoms with Crippen LogP contribution < -0.4 is 10.1 Å². The van der Waals surface area contributed by atoms with Crippen molar-refractivity contribution < 1.29 is 18.3 Å². The number of benzene rings is 2. The molecule has 0 saturated carbocycles. The second-order valence-electron chi connectivity index (χ2n) is 4.34. The Kier molecular flexibility index (Phi) is 5.53. The normalized spacial score (nSPS) is 10.0. The van der Waals surface area contributed by atoms with Gasteiger partial charge in [0.1, 0.15) is 11.6 Å². The zero-order valence-corrected chi connectivity index (χ0v) is 13.7. The molecule has 2 rings (SSSR count). The van der Waals surface area contributed by atoms with Crippen LogP contribution in [-0.2, 0) is 4.79 Å². The summed E-state index contributed by atoms with van der Waals surface area (Å²) in [5.74, 6) is -2.13. The van der Waals surface area contributed by atoms with E-state index in [1.807, 2.05) is 6.07 Å². The van der Waals surface area contributed by atoms with Gasteiger partial charge in [-0.05, 0) is 40.2 Å². The predicted molar refractivity (Wildman–Crippen MR) is 84.3 cm³/mol. The van der Waals surface area contributed by atoms with E-state index in [2.05, 4.69) is 21.2 Å². The van der Waals surface area contributed by atoms with Crippen molar-refractivity contribution in [2.24, 2.45) is 0 Å². The van der Waals surface area contributed by atoms with E-state index in [1.54, 1.807) is 0 Å². The van der Waals surface area contributed by atoms with E-state index in [4.69, 9.17) is 21.6 Å². The maximum Gasteiger partial charge on any atom is 0.262 e. The van der Waals surface area contributed by atoms with E-state index in [-0.39, 0.29) is 20.9 Å². The summed E-state index contributed by atoms with van der Waals surface area (Å²) in [6, 6.07) is 7.91. The first kappa shape index (κ1) is 17.2. The summed E-state index contributed by atoms with van der Waals surface area (Å²) in [4.78, 5) is 11.8. The van der Waals surface area contributed by atoms with Gasteiger partial charge in [-0.25, -0.2) is 8.78 Å². The zero-order valence-electron chi connectivity index (χ0n) is 11.4. The standard InChI is InChI=1S/C15H8BrClF2N2O2/c16-10-4-9(18)5-12(19)15(10)21-14(22)7-23-13-2-1-8(6-20)3-11(13)17/h1-5H,7H2,(H,21,22). The van der Waals surface area contributed by atoms with E-state index in [9.17, 15) is 13.6 Å². The van der Waals surface area contributed by atoms with Gasteiger partial charge in [0.15, 0.2) is 12.4 Å². The van der Waals surface area contributed by atoms with Crippen molar-refractivity contribution in [2.45, 2.75) is 0 Å². The number of halogens is 4. The molecule has 0 aliphatic rings. The van der Waals surface area contributed by atoms with Crippen LogP contribution in [0.15, 0.2) is 34.8 Å². The minimum absolute atomic E-state index is 0.0692. The summed E-state index contributed by atoms with van der Waals surface area (Å²) in [7, 11) is 0. The molecule has 1 N–H and O–H groups in total. The monoisotopic (exact) mass is 400 g/mol. The van der Waals surface area contributed by atoms with Gasteiger partial charge in [0.2, 0.25) is 0 Å². The molecule has 8 heteroatoms. The molecule has 0 aromatic heterocycles. The third kappa shape index (κ3) is 4.41. The van der Waals surface area contributed by atoms with Crippen molar-refractivity contribution in [3.63, 3.8) is 0 Å². The first-order chi connectivity index (χ1) is 10.9. The molecular formula is C15H8BrClF2N2O2. The molecule has 0 atom stereocenters. The average molecular weight is 402 g/mol. The van der Waals surface area contributed by atoms with Crippen LogP contribution in [0.3, 0.4) is 0 Å². The zero-order chi connectivity index (χ0) is 17.0. The minimum atomic E-state index is -0.915. The highest BCUT2D eigenvalue weighted by Gasteiger charge is 2.14. The molecule has 4 nitrogen and oxygen atoms in total. The third-order valence-corrected chi connectivity index (χ3v) is 3.61. The molecule has 0 heterocycles. The Morgan fingerprint density at radius 3 is 2.70 bits per heavy atom. The predicted octanol–water partition coefficient (Wildman–Crippen LogP) is 4.27. The van der Waals surface area contributed by atoms with E-state index in [0.717, 1.165) is 6.07 Å². The van der Waals surface area contributed by atoms with Gasteiger partial charge in [0.25, 0.3) is 5.91 Å². The molecule has 0 fully saturated rings. The highest BCUT2D eigenvalue weighted by molar-refractivity contribution is 9.10. The van der Waals surface area contributed by atoms with Crippen LogP contribution >= 0.6 is 27.5 Å². The molecular weight excluding hydrogens is 394 g/mol. The molecule has 0 aliphatic heterocycles. The van der Waals surface area contributed by atoms with Gasteiger partial charge in [-0.15, -0.1) is 0 Å². The Balaban J connectivity index is 2.03. The Morgan fingerprint density at radius 1 is 1.35 bits per heavy atom. The molecule has 0 radical (unpaired) electrons. The summed E-state index contributed by atoms with van der Waals surface area (Å²) in [5.41, 5.74) is 0.162. The van der Waals surface area contributed by atoms with Gasteiger partial charge in [0, 0.05) is 10.5 Å². The largest absolute Gasteiger partial charge is 0.482 e. The molecule has 118 valence electrons. The second-order valence-corrected chi connectivity index (χ2v) is 5.60. The van der Waals surface area contributed by atoms with E-state index < -0.39 is 24.1 Å². The summed E-state index contributed by atoms with van der Waals surface area (Å²) in [6.45, 7) is -0.436. The number of nitrogens with zero attached hydrogens (tertiary/aromatic N) is 1. The third-order valence-electron chi connectivity index (χ3n) is 2.69. The van der Waals surface area contributed by atoms with Crippen LogP contribution in [0.2, 0.25) is 5.02 Å². The van der Waals surface area contributed by atoms with Gasteiger partial charge < -0.3 is 10.1 Å².